The van der Waals surface area contributed by atoms with E-state index in [-0.39, 0.29) is 0 Å². The van der Waals surface area contributed by atoms with Gasteiger partial charge in [0.15, 0.2) is 0 Å². The Morgan fingerprint density at radius 1 is 1.31 bits per heavy atom. The normalized spacial score (nSPS) is 9.15. The van der Waals surface area contributed by atoms with Crippen LogP contribution in [0.4, 0.5) is 0 Å². The highest BCUT2D eigenvalue weighted by atomic mass is 35.5. The molecule has 0 fully saturated rings. The van der Waals surface area contributed by atoms with Gasteiger partial charge in [0.1, 0.15) is 0 Å². The van der Waals surface area contributed by atoms with Crippen LogP contribution in [-0.2, 0) is 0 Å². The highest BCUT2D eigenvalue weighted by Crippen LogP contribution is 2.21. The minimum atomic E-state index is 0.540. The molecule has 0 radical (unpaired) electrons. The molecule has 1 rings (SSSR count). The number of hydrogen-bond donors (Lipinski definition) is 1. The topological polar surface area (TPSA) is 12.0 Å². The van der Waals surface area contributed by atoms with Gasteiger partial charge in [-0.15, -0.1) is 0 Å². The molecule has 3 heteroatoms. The van der Waals surface area contributed by atoms with Crippen LogP contribution in [0.3, 0.4) is 0 Å². The fourth-order valence-electron chi connectivity index (χ4n) is 0.809. The minimum absolute atomic E-state index is 0.540. The van der Waals surface area contributed by atoms with Crippen molar-refractivity contribution in [2.75, 3.05) is 13.6 Å². The molecular weight excluding hydrogens is 205 g/mol. The van der Waals surface area contributed by atoms with Crippen LogP contribution in [0.25, 0.3) is 0 Å². The molecule has 1 aromatic rings. The van der Waals surface area contributed by atoms with Crippen LogP contribution in [0.15, 0.2) is 18.2 Å². The summed E-state index contributed by atoms with van der Waals surface area (Å²) < 4.78 is 0. The molecular formula is C10H9Cl2N. The maximum absolute atomic E-state index is 5.81. The van der Waals surface area contributed by atoms with E-state index < -0.39 is 0 Å². The van der Waals surface area contributed by atoms with E-state index in [0.717, 1.165) is 5.56 Å². The quantitative estimate of drug-likeness (QED) is 0.708. The van der Waals surface area contributed by atoms with Gasteiger partial charge in [-0.05, 0) is 25.2 Å². The smallest absolute Gasteiger partial charge is 0.0604 e. The van der Waals surface area contributed by atoms with Gasteiger partial charge in [0.25, 0.3) is 0 Å². The summed E-state index contributed by atoms with van der Waals surface area (Å²) in [4.78, 5) is 0. The number of hydrogen-bond acceptors (Lipinski definition) is 1. The van der Waals surface area contributed by atoms with Crippen molar-refractivity contribution in [2.24, 2.45) is 0 Å². The van der Waals surface area contributed by atoms with E-state index in [0.29, 0.717) is 16.6 Å². The van der Waals surface area contributed by atoms with Crippen LogP contribution in [0.5, 0.6) is 0 Å². The molecule has 1 aromatic carbocycles. The molecule has 0 bridgehead atoms. The Morgan fingerprint density at radius 3 is 2.69 bits per heavy atom. The van der Waals surface area contributed by atoms with Gasteiger partial charge < -0.3 is 5.32 Å². The molecule has 0 aliphatic heterocycles. The van der Waals surface area contributed by atoms with Gasteiger partial charge in [-0.2, -0.15) is 0 Å². The first-order chi connectivity index (χ1) is 6.24. The molecule has 1 nitrogen and oxygen atoms in total. The lowest BCUT2D eigenvalue weighted by Crippen LogP contribution is -2.04. The summed E-state index contributed by atoms with van der Waals surface area (Å²) >= 11 is 11.6. The van der Waals surface area contributed by atoms with Crippen molar-refractivity contribution in [1.29, 1.82) is 0 Å². The lowest BCUT2D eigenvalue weighted by Gasteiger charge is -1.94. The third kappa shape index (κ3) is 3.28. The molecule has 0 aromatic heterocycles. The van der Waals surface area contributed by atoms with E-state index in [4.69, 9.17) is 23.2 Å². The summed E-state index contributed by atoms with van der Waals surface area (Å²) in [5.41, 5.74) is 0.879. The Bertz CT molecular complexity index is 350. The standard InChI is InChI=1S/C10H9Cl2N/c1-13-6-2-3-8-4-5-9(11)10(12)7-8/h4-5,7,13H,6H2,1H3. The molecule has 68 valence electrons. The first-order valence-electron chi connectivity index (χ1n) is 3.82. The number of halogens is 2. The summed E-state index contributed by atoms with van der Waals surface area (Å²) in [7, 11) is 1.85. The van der Waals surface area contributed by atoms with Crippen LogP contribution < -0.4 is 5.32 Å². The van der Waals surface area contributed by atoms with E-state index in [9.17, 15) is 0 Å². The van der Waals surface area contributed by atoms with Crippen LogP contribution >= 0.6 is 23.2 Å². The second kappa shape index (κ2) is 5.14. The van der Waals surface area contributed by atoms with Gasteiger partial charge in [-0.1, -0.05) is 35.0 Å². The molecule has 0 unspecified atom stereocenters. The summed E-state index contributed by atoms with van der Waals surface area (Å²) in [6, 6.07) is 5.34. The molecule has 0 saturated heterocycles. The average molecular weight is 214 g/mol. The monoisotopic (exact) mass is 213 g/mol. The Morgan fingerprint density at radius 2 is 2.08 bits per heavy atom. The zero-order chi connectivity index (χ0) is 9.68. The van der Waals surface area contributed by atoms with Gasteiger partial charge in [0.05, 0.1) is 16.6 Å². The predicted octanol–water partition coefficient (Wildman–Crippen LogP) is 2.56. The molecule has 0 amide bonds. The maximum atomic E-state index is 5.81. The van der Waals surface area contributed by atoms with Crippen molar-refractivity contribution < 1.29 is 0 Å². The van der Waals surface area contributed by atoms with E-state index in [1.807, 2.05) is 13.1 Å². The summed E-state index contributed by atoms with van der Waals surface area (Å²) in [6.07, 6.45) is 0. The zero-order valence-electron chi connectivity index (χ0n) is 7.20. The first kappa shape index (κ1) is 10.4. The highest BCUT2D eigenvalue weighted by molar-refractivity contribution is 6.42. The Hall–Kier alpha value is -0.680. The lowest BCUT2D eigenvalue weighted by molar-refractivity contribution is 0.938. The van der Waals surface area contributed by atoms with Gasteiger partial charge in [-0.25, -0.2) is 0 Å². The van der Waals surface area contributed by atoms with Crippen molar-refractivity contribution in [3.8, 4) is 11.8 Å². The van der Waals surface area contributed by atoms with Gasteiger partial charge in [0.2, 0.25) is 0 Å². The maximum Gasteiger partial charge on any atom is 0.0604 e. The fraction of sp³-hybridized carbons (Fsp3) is 0.200. The molecule has 0 spiro atoms. The molecule has 0 atom stereocenters. The third-order valence-electron chi connectivity index (χ3n) is 1.42. The Kier molecular flexibility index (Phi) is 4.11. The lowest BCUT2D eigenvalue weighted by atomic mass is 10.2. The predicted molar refractivity (Wildman–Crippen MR) is 57.3 cm³/mol. The molecule has 0 saturated carbocycles. The molecule has 13 heavy (non-hydrogen) atoms. The van der Waals surface area contributed by atoms with Crippen LogP contribution in [-0.4, -0.2) is 13.6 Å². The molecule has 0 heterocycles. The average Bonchev–Trinajstić information content (AvgIpc) is 2.12. The second-order valence-electron chi connectivity index (χ2n) is 2.46. The molecule has 0 aliphatic carbocycles. The summed E-state index contributed by atoms with van der Waals surface area (Å²) in [5, 5.41) is 4.03. The highest BCUT2D eigenvalue weighted by Gasteiger charge is 1.95. The first-order valence-corrected chi connectivity index (χ1v) is 4.58. The zero-order valence-corrected chi connectivity index (χ0v) is 8.71. The van der Waals surface area contributed by atoms with E-state index in [1.165, 1.54) is 0 Å². The van der Waals surface area contributed by atoms with Crippen molar-refractivity contribution >= 4 is 23.2 Å². The van der Waals surface area contributed by atoms with Crippen molar-refractivity contribution in [1.82, 2.24) is 5.32 Å². The molecule has 0 aliphatic rings. The third-order valence-corrected chi connectivity index (χ3v) is 2.16. The van der Waals surface area contributed by atoms with Crippen molar-refractivity contribution in [3.63, 3.8) is 0 Å². The summed E-state index contributed by atoms with van der Waals surface area (Å²) in [6.45, 7) is 0.667. The van der Waals surface area contributed by atoms with Gasteiger partial charge in [-0.3, -0.25) is 0 Å². The van der Waals surface area contributed by atoms with Gasteiger partial charge in [0, 0.05) is 5.56 Å². The largest absolute Gasteiger partial charge is 0.309 e. The van der Waals surface area contributed by atoms with E-state index >= 15 is 0 Å². The van der Waals surface area contributed by atoms with E-state index in [1.54, 1.807) is 12.1 Å². The second-order valence-corrected chi connectivity index (χ2v) is 3.28. The number of rotatable bonds is 1. The number of benzene rings is 1. The van der Waals surface area contributed by atoms with E-state index in [2.05, 4.69) is 17.2 Å². The Balaban J connectivity index is 2.81. The van der Waals surface area contributed by atoms with Crippen LogP contribution in [0.2, 0.25) is 10.0 Å². The fourth-order valence-corrected chi connectivity index (χ4v) is 1.11. The molecule has 1 N–H and O–H groups in total. The SMILES string of the molecule is CNCC#Cc1ccc(Cl)c(Cl)c1. The number of nitrogens with one attached hydrogen (secondary N) is 1. The van der Waals surface area contributed by atoms with Gasteiger partial charge >= 0.3 is 0 Å². The Labute approximate surface area is 88.0 Å². The van der Waals surface area contributed by atoms with Crippen molar-refractivity contribution in [3.05, 3.63) is 33.8 Å². The minimum Gasteiger partial charge on any atom is -0.309 e. The van der Waals surface area contributed by atoms with Crippen LogP contribution in [0, 0.1) is 11.8 Å². The van der Waals surface area contributed by atoms with Crippen molar-refractivity contribution in [2.45, 2.75) is 0 Å². The summed E-state index contributed by atoms with van der Waals surface area (Å²) in [5.74, 6) is 5.89. The van der Waals surface area contributed by atoms with Crippen LogP contribution in [0.1, 0.15) is 5.56 Å².